The van der Waals surface area contributed by atoms with Gasteiger partial charge in [-0.3, -0.25) is 0 Å². The number of aromatic nitrogens is 3. The maximum Gasteiger partial charge on any atom is 0.356 e. The lowest BCUT2D eigenvalue weighted by Crippen LogP contribution is -2.24. The SMILES string of the molecule is CCc1cc(O)cc(F)c1-n1cnc(NC)nc1=O. The van der Waals surface area contributed by atoms with E-state index in [2.05, 4.69) is 15.3 Å². The first-order chi connectivity index (χ1) is 9.06. The normalized spacial score (nSPS) is 10.5. The molecule has 0 aliphatic carbocycles. The van der Waals surface area contributed by atoms with Gasteiger partial charge in [0.1, 0.15) is 12.1 Å². The van der Waals surface area contributed by atoms with Crippen LogP contribution >= 0.6 is 0 Å². The largest absolute Gasteiger partial charge is 0.508 e. The molecular formula is C12H13FN4O2. The van der Waals surface area contributed by atoms with E-state index in [1.165, 1.54) is 12.4 Å². The molecule has 1 aromatic heterocycles. The number of halogens is 1. The quantitative estimate of drug-likeness (QED) is 0.867. The van der Waals surface area contributed by atoms with Gasteiger partial charge in [0.15, 0.2) is 5.82 Å². The van der Waals surface area contributed by atoms with Crippen molar-refractivity contribution in [1.29, 1.82) is 0 Å². The number of hydrogen-bond acceptors (Lipinski definition) is 5. The van der Waals surface area contributed by atoms with E-state index in [-0.39, 0.29) is 17.4 Å². The number of aromatic hydroxyl groups is 1. The third kappa shape index (κ3) is 2.40. The van der Waals surface area contributed by atoms with E-state index in [9.17, 15) is 14.3 Å². The first-order valence-electron chi connectivity index (χ1n) is 5.72. The molecule has 2 aromatic rings. The maximum atomic E-state index is 14.0. The van der Waals surface area contributed by atoms with Crippen molar-refractivity contribution < 1.29 is 9.50 Å². The smallest absolute Gasteiger partial charge is 0.356 e. The summed E-state index contributed by atoms with van der Waals surface area (Å²) in [5.41, 5.74) is -0.0769. The van der Waals surface area contributed by atoms with Gasteiger partial charge in [-0.15, -0.1) is 0 Å². The summed E-state index contributed by atoms with van der Waals surface area (Å²) in [7, 11) is 1.58. The molecule has 0 unspecified atom stereocenters. The first-order valence-corrected chi connectivity index (χ1v) is 5.72. The highest BCUT2D eigenvalue weighted by molar-refractivity contribution is 5.46. The molecule has 0 saturated carbocycles. The Hall–Kier alpha value is -2.44. The summed E-state index contributed by atoms with van der Waals surface area (Å²) in [4.78, 5) is 19.4. The van der Waals surface area contributed by atoms with Crippen LogP contribution in [0.5, 0.6) is 5.75 Å². The van der Waals surface area contributed by atoms with E-state index < -0.39 is 11.5 Å². The highest BCUT2D eigenvalue weighted by atomic mass is 19.1. The second-order valence-electron chi connectivity index (χ2n) is 3.87. The van der Waals surface area contributed by atoms with E-state index in [0.29, 0.717) is 12.0 Å². The summed E-state index contributed by atoms with van der Waals surface area (Å²) in [6.07, 6.45) is 1.66. The van der Waals surface area contributed by atoms with E-state index in [1.807, 2.05) is 0 Å². The fourth-order valence-electron chi connectivity index (χ4n) is 1.79. The standard InChI is InChI=1S/C12H13FN4O2/c1-3-7-4-8(18)5-9(13)10(7)17-6-15-11(14-2)16-12(17)19/h4-6,18H,3H2,1-2H3,(H,14,16,19). The van der Waals surface area contributed by atoms with E-state index in [1.54, 1.807) is 14.0 Å². The third-order valence-corrected chi connectivity index (χ3v) is 2.68. The average molecular weight is 264 g/mol. The van der Waals surface area contributed by atoms with Gasteiger partial charge in [0.2, 0.25) is 5.95 Å². The molecule has 6 nitrogen and oxygen atoms in total. The molecule has 0 saturated heterocycles. The van der Waals surface area contributed by atoms with Gasteiger partial charge < -0.3 is 10.4 Å². The van der Waals surface area contributed by atoms with Crippen LogP contribution in [-0.2, 0) is 6.42 Å². The summed E-state index contributed by atoms with van der Waals surface area (Å²) in [5, 5.41) is 12.0. The number of phenols is 1. The number of benzene rings is 1. The zero-order chi connectivity index (χ0) is 14.0. The lowest BCUT2D eigenvalue weighted by atomic mass is 10.1. The molecule has 1 aromatic carbocycles. The van der Waals surface area contributed by atoms with Crippen molar-refractivity contribution in [2.75, 3.05) is 12.4 Å². The van der Waals surface area contributed by atoms with E-state index in [0.717, 1.165) is 10.6 Å². The number of aryl methyl sites for hydroxylation is 1. The number of nitrogens with zero attached hydrogens (tertiary/aromatic N) is 3. The molecule has 2 rings (SSSR count). The lowest BCUT2D eigenvalue weighted by Gasteiger charge is -2.11. The number of nitrogens with one attached hydrogen (secondary N) is 1. The summed E-state index contributed by atoms with van der Waals surface area (Å²) in [6.45, 7) is 1.80. The molecule has 2 N–H and O–H groups in total. The molecule has 0 aliphatic rings. The first kappa shape index (κ1) is 13.0. The molecule has 0 aliphatic heterocycles. The van der Waals surface area contributed by atoms with Crippen LogP contribution in [0.15, 0.2) is 23.3 Å². The Morgan fingerprint density at radius 3 is 2.79 bits per heavy atom. The predicted molar refractivity (Wildman–Crippen MR) is 68.2 cm³/mol. The van der Waals surface area contributed by atoms with E-state index in [4.69, 9.17) is 0 Å². The summed E-state index contributed by atoms with van der Waals surface area (Å²) in [6, 6.07) is 2.36. The van der Waals surface area contributed by atoms with Crippen LogP contribution in [0.4, 0.5) is 10.3 Å². The predicted octanol–water partition coefficient (Wildman–Crippen LogP) is 1.08. The van der Waals surface area contributed by atoms with Crippen molar-refractivity contribution in [3.8, 4) is 11.4 Å². The average Bonchev–Trinajstić information content (AvgIpc) is 2.38. The Morgan fingerprint density at radius 1 is 1.47 bits per heavy atom. The van der Waals surface area contributed by atoms with Crippen molar-refractivity contribution in [2.24, 2.45) is 0 Å². The van der Waals surface area contributed by atoms with Crippen LogP contribution in [0.3, 0.4) is 0 Å². The monoisotopic (exact) mass is 264 g/mol. The van der Waals surface area contributed by atoms with Crippen molar-refractivity contribution in [3.05, 3.63) is 40.3 Å². The van der Waals surface area contributed by atoms with Crippen molar-refractivity contribution in [1.82, 2.24) is 14.5 Å². The zero-order valence-corrected chi connectivity index (χ0v) is 10.5. The molecule has 100 valence electrons. The fraction of sp³-hybridized carbons (Fsp3) is 0.250. The van der Waals surface area contributed by atoms with Crippen LogP contribution in [0.25, 0.3) is 5.69 Å². The maximum absolute atomic E-state index is 14.0. The Balaban J connectivity index is 2.68. The molecule has 0 atom stereocenters. The van der Waals surface area contributed by atoms with Crippen molar-refractivity contribution in [2.45, 2.75) is 13.3 Å². The Morgan fingerprint density at radius 2 is 2.21 bits per heavy atom. The van der Waals surface area contributed by atoms with Crippen molar-refractivity contribution in [3.63, 3.8) is 0 Å². The van der Waals surface area contributed by atoms with Gasteiger partial charge in [0, 0.05) is 13.1 Å². The molecule has 0 radical (unpaired) electrons. The molecule has 1 heterocycles. The van der Waals surface area contributed by atoms with Gasteiger partial charge in [0.05, 0.1) is 5.69 Å². The summed E-state index contributed by atoms with van der Waals surface area (Å²) < 4.78 is 15.0. The minimum absolute atomic E-state index is 0.0629. The molecule has 0 spiro atoms. The van der Waals surface area contributed by atoms with Crippen molar-refractivity contribution >= 4 is 5.95 Å². The molecule has 7 heteroatoms. The lowest BCUT2D eigenvalue weighted by molar-refractivity contribution is 0.467. The van der Waals surface area contributed by atoms with Crippen LogP contribution < -0.4 is 11.0 Å². The molecule has 0 fully saturated rings. The van der Waals surface area contributed by atoms with Gasteiger partial charge in [-0.2, -0.15) is 4.98 Å². The molecule has 19 heavy (non-hydrogen) atoms. The Bertz CT molecular complexity index is 669. The van der Waals surface area contributed by atoms with Crippen LogP contribution in [0.1, 0.15) is 12.5 Å². The fourth-order valence-corrected chi connectivity index (χ4v) is 1.79. The second kappa shape index (κ2) is 5.05. The highest BCUT2D eigenvalue weighted by Gasteiger charge is 2.14. The molecular weight excluding hydrogens is 251 g/mol. The van der Waals surface area contributed by atoms with E-state index >= 15 is 0 Å². The topological polar surface area (TPSA) is 80.0 Å². The number of phenolic OH excluding ortho intramolecular Hbond substituents is 1. The Kier molecular flexibility index (Phi) is 3.46. The van der Waals surface area contributed by atoms with Gasteiger partial charge in [0.25, 0.3) is 0 Å². The highest BCUT2D eigenvalue weighted by Crippen LogP contribution is 2.23. The number of rotatable bonds is 3. The van der Waals surface area contributed by atoms with Gasteiger partial charge in [-0.25, -0.2) is 18.7 Å². The second-order valence-corrected chi connectivity index (χ2v) is 3.87. The van der Waals surface area contributed by atoms with Crippen LogP contribution in [0, 0.1) is 5.82 Å². The Labute approximate surface area is 108 Å². The van der Waals surface area contributed by atoms with Gasteiger partial charge in [-0.1, -0.05) is 6.92 Å². The number of hydrogen-bond donors (Lipinski definition) is 2. The van der Waals surface area contributed by atoms with Crippen LogP contribution in [-0.4, -0.2) is 26.7 Å². The molecule has 0 amide bonds. The zero-order valence-electron chi connectivity index (χ0n) is 10.5. The van der Waals surface area contributed by atoms with Crippen LogP contribution in [0.2, 0.25) is 0 Å². The van der Waals surface area contributed by atoms with Gasteiger partial charge >= 0.3 is 5.69 Å². The minimum Gasteiger partial charge on any atom is -0.508 e. The number of anilines is 1. The molecule has 0 bridgehead atoms. The minimum atomic E-state index is -0.695. The third-order valence-electron chi connectivity index (χ3n) is 2.68. The summed E-state index contributed by atoms with van der Waals surface area (Å²) >= 11 is 0. The summed E-state index contributed by atoms with van der Waals surface area (Å²) in [5.74, 6) is -0.711. The van der Waals surface area contributed by atoms with Gasteiger partial charge in [-0.05, 0) is 18.1 Å².